The van der Waals surface area contributed by atoms with E-state index in [-0.39, 0.29) is 5.82 Å². The molecular formula is C12H18N5O7PS2. The van der Waals surface area contributed by atoms with Gasteiger partial charge in [0.2, 0.25) is 0 Å². The first-order valence-corrected chi connectivity index (χ1v) is 10.4. The monoisotopic (exact) mass is 439 g/mol. The Labute approximate surface area is 163 Å². The summed E-state index contributed by atoms with van der Waals surface area (Å²) in [6.07, 6.45) is -3.41. The summed E-state index contributed by atoms with van der Waals surface area (Å²) < 4.78 is 26.6. The van der Waals surface area contributed by atoms with Gasteiger partial charge in [-0.25, -0.2) is 23.5 Å². The van der Waals surface area contributed by atoms with Crippen LogP contribution in [0.4, 0.5) is 5.82 Å². The van der Waals surface area contributed by atoms with E-state index in [4.69, 9.17) is 10.5 Å². The van der Waals surface area contributed by atoms with Gasteiger partial charge >= 0.3 is 7.82 Å². The molecule has 2 aromatic heterocycles. The lowest BCUT2D eigenvalue weighted by Crippen LogP contribution is -2.35. The number of aryl methyl sites for hydroxylation is 1. The van der Waals surface area contributed by atoms with Gasteiger partial charge in [0.15, 0.2) is 17.7 Å². The first-order chi connectivity index (χ1) is 12.6. The van der Waals surface area contributed by atoms with Crippen LogP contribution in [0.1, 0.15) is 12.1 Å². The van der Waals surface area contributed by atoms with E-state index in [0.29, 0.717) is 29.0 Å². The number of aliphatic hydroxyl groups excluding tert-OH is 2. The van der Waals surface area contributed by atoms with E-state index < -0.39 is 36.9 Å². The van der Waals surface area contributed by atoms with E-state index in [1.807, 2.05) is 0 Å². The molecule has 5 N–H and O–H groups in total. The number of nitrogens with zero attached hydrogens (tertiary/aromatic N) is 4. The minimum absolute atomic E-state index is 0.176. The molecule has 0 aliphatic carbocycles. The molecule has 2 unspecified atom stereocenters. The molecule has 15 heteroatoms. The van der Waals surface area contributed by atoms with Crippen LogP contribution in [0.25, 0.3) is 11.2 Å². The Morgan fingerprint density at radius 1 is 1.44 bits per heavy atom. The van der Waals surface area contributed by atoms with Gasteiger partial charge in [-0.2, -0.15) is 12.6 Å². The number of fused-ring (bicyclic) bond motifs is 1. The molecule has 2 aromatic rings. The molecule has 12 nitrogen and oxygen atoms in total. The number of rotatable bonds is 6. The van der Waals surface area contributed by atoms with Crippen molar-refractivity contribution in [1.29, 1.82) is 0 Å². The first kappa shape index (κ1) is 20.8. The molecule has 3 heterocycles. The fraction of sp³-hybridized carbons (Fsp3) is 0.583. The van der Waals surface area contributed by atoms with Crippen molar-refractivity contribution in [2.45, 2.75) is 36.0 Å². The maximum absolute atomic E-state index is 11.4. The lowest BCUT2D eigenvalue weighted by atomic mass is 10.1. The third-order valence-electron chi connectivity index (χ3n) is 3.86. The fourth-order valence-electron chi connectivity index (χ4n) is 2.57. The zero-order chi connectivity index (χ0) is 19.9. The van der Waals surface area contributed by atoms with Crippen LogP contribution >= 0.6 is 32.5 Å². The topological polar surface area (TPSA) is 175 Å². The third kappa shape index (κ3) is 4.09. The summed E-state index contributed by atoms with van der Waals surface area (Å²) in [4.78, 5) is 21.7. The van der Waals surface area contributed by atoms with Gasteiger partial charge < -0.3 is 25.6 Å². The summed E-state index contributed by atoms with van der Waals surface area (Å²) in [7, 11) is -3.23. The van der Waals surface area contributed by atoms with Crippen LogP contribution in [0.3, 0.4) is 0 Å². The van der Waals surface area contributed by atoms with Crippen molar-refractivity contribution in [2.24, 2.45) is 0 Å². The van der Waals surface area contributed by atoms with E-state index in [2.05, 4.69) is 36.1 Å². The molecule has 0 bridgehead atoms. The molecule has 6 atom stereocenters. The van der Waals surface area contributed by atoms with Crippen LogP contribution < -0.4 is 5.73 Å². The molecule has 0 saturated carbocycles. The highest BCUT2D eigenvalue weighted by molar-refractivity contribution is 8.09. The molecule has 1 fully saturated rings. The van der Waals surface area contributed by atoms with Crippen molar-refractivity contribution in [3.63, 3.8) is 0 Å². The van der Waals surface area contributed by atoms with Crippen LogP contribution in [0.2, 0.25) is 0 Å². The molecule has 150 valence electrons. The normalized spacial score (nSPS) is 29.1. The van der Waals surface area contributed by atoms with Crippen molar-refractivity contribution < 1.29 is 32.9 Å². The van der Waals surface area contributed by atoms with E-state index >= 15 is 0 Å². The molecule has 1 saturated heterocycles. The number of thiol groups is 1. The SMILES string of the molecule is COP(=O)(O)OSC(S)[C@H]1O[C@@H](n2cnc3c(N)nc(C)nc32)[C@H](O)[C@@H]1O. The zero-order valence-corrected chi connectivity index (χ0v) is 16.7. The maximum Gasteiger partial charge on any atom is 0.483 e. The number of hydrogen-bond donors (Lipinski definition) is 5. The molecule has 27 heavy (non-hydrogen) atoms. The Kier molecular flexibility index (Phi) is 6.01. The Balaban J connectivity index is 1.82. The predicted molar refractivity (Wildman–Crippen MR) is 98.7 cm³/mol. The number of nitrogen functional groups attached to an aromatic ring is 1. The Morgan fingerprint density at radius 3 is 2.81 bits per heavy atom. The Morgan fingerprint density at radius 2 is 2.15 bits per heavy atom. The van der Waals surface area contributed by atoms with Gasteiger partial charge in [0.1, 0.15) is 34.2 Å². The molecule has 0 amide bonds. The van der Waals surface area contributed by atoms with E-state index in [1.54, 1.807) is 6.92 Å². The highest BCUT2D eigenvalue weighted by Gasteiger charge is 2.47. The van der Waals surface area contributed by atoms with Gasteiger partial charge in [-0.3, -0.25) is 9.09 Å². The van der Waals surface area contributed by atoms with Gasteiger partial charge in [-0.15, -0.1) is 0 Å². The van der Waals surface area contributed by atoms with Crippen LogP contribution in [-0.2, 0) is 17.8 Å². The number of hydrogen-bond acceptors (Lipinski definition) is 12. The number of imidazole rings is 1. The third-order valence-corrected chi connectivity index (χ3v) is 6.43. The number of anilines is 1. The second kappa shape index (κ2) is 7.81. The average Bonchev–Trinajstić information content (AvgIpc) is 3.15. The van der Waals surface area contributed by atoms with Gasteiger partial charge in [0, 0.05) is 19.2 Å². The summed E-state index contributed by atoms with van der Waals surface area (Å²) in [5, 5.41) is 20.7. The molecule has 0 radical (unpaired) electrons. The quantitative estimate of drug-likeness (QED) is 0.177. The van der Waals surface area contributed by atoms with Crippen molar-refractivity contribution in [2.75, 3.05) is 12.8 Å². The number of aliphatic hydroxyl groups is 2. The average molecular weight is 439 g/mol. The zero-order valence-electron chi connectivity index (χ0n) is 14.1. The fourth-order valence-corrected chi connectivity index (χ4v) is 4.53. The minimum atomic E-state index is -4.24. The van der Waals surface area contributed by atoms with Gasteiger partial charge in [-0.05, 0) is 6.92 Å². The van der Waals surface area contributed by atoms with E-state index in [0.717, 1.165) is 7.11 Å². The summed E-state index contributed by atoms with van der Waals surface area (Å²) in [5.74, 6) is 0.579. The highest BCUT2D eigenvalue weighted by atomic mass is 32.2. The lowest BCUT2D eigenvalue weighted by Gasteiger charge is -2.20. The summed E-state index contributed by atoms with van der Waals surface area (Å²) in [6, 6.07) is 0. The van der Waals surface area contributed by atoms with Crippen LogP contribution in [0.5, 0.6) is 0 Å². The van der Waals surface area contributed by atoms with Crippen LogP contribution in [0.15, 0.2) is 6.33 Å². The number of ether oxygens (including phenoxy) is 1. The smallest absolute Gasteiger partial charge is 0.387 e. The molecule has 0 spiro atoms. The van der Waals surface area contributed by atoms with Crippen molar-refractivity contribution in [3.8, 4) is 0 Å². The predicted octanol–water partition coefficient (Wildman–Crippen LogP) is 0.00362. The van der Waals surface area contributed by atoms with Gasteiger partial charge in [0.25, 0.3) is 0 Å². The molecular weight excluding hydrogens is 421 g/mol. The number of nitrogens with two attached hydrogens (primary N) is 1. The minimum Gasteiger partial charge on any atom is -0.387 e. The van der Waals surface area contributed by atoms with Gasteiger partial charge in [0.05, 0.1) is 6.33 Å². The van der Waals surface area contributed by atoms with E-state index in [1.165, 1.54) is 10.9 Å². The summed E-state index contributed by atoms with van der Waals surface area (Å²) in [5.41, 5.74) is 6.49. The van der Waals surface area contributed by atoms with Crippen molar-refractivity contribution in [3.05, 3.63) is 12.2 Å². The second-order valence-corrected chi connectivity index (χ2v) is 9.17. The number of aromatic nitrogens is 4. The maximum atomic E-state index is 11.4. The second-order valence-electron chi connectivity index (χ2n) is 5.67. The summed E-state index contributed by atoms with van der Waals surface area (Å²) in [6.45, 7) is 1.65. The molecule has 1 aliphatic heterocycles. The molecule has 0 aromatic carbocycles. The Bertz CT molecular complexity index is 885. The first-order valence-electron chi connectivity index (χ1n) is 7.54. The van der Waals surface area contributed by atoms with Crippen molar-refractivity contribution in [1.82, 2.24) is 19.5 Å². The molecule has 3 rings (SSSR count). The van der Waals surface area contributed by atoms with E-state index in [9.17, 15) is 19.7 Å². The molecule has 1 aliphatic rings. The summed E-state index contributed by atoms with van der Waals surface area (Å²) >= 11 is 4.68. The van der Waals surface area contributed by atoms with Gasteiger partial charge in [-0.1, -0.05) is 0 Å². The lowest BCUT2D eigenvalue weighted by molar-refractivity contribution is -0.0306. The standard InChI is InChI=1S/C12H18N5O7PS2/c1-4-15-9(13)5-10(16-4)17(3-14-5)11-7(19)6(18)8(23-11)12(26)27-24-25(20,21)22-2/h3,6-8,11-12,18-19,26H,1-2H3,(H,20,21)(H2,13,15,16)/t6-,7+,8-,11+,12?/m0/s1. The Hall–Kier alpha value is -0.960. The highest BCUT2D eigenvalue weighted by Crippen LogP contribution is 2.49. The van der Waals surface area contributed by atoms with Crippen LogP contribution in [0, 0.1) is 6.92 Å². The van der Waals surface area contributed by atoms with Crippen molar-refractivity contribution >= 4 is 49.5 Å². The van der Waals surface area contributed by atoms with Crippen LogP contribution in [-0.4, -0.2) is 64.6 Å². The number of phosphoric acid groups is 1. The number of phosphoric ester groups is 1. The largest absolute Gasteiger partial charge is 0.483 e.